The van der Waals surface area contributed by atoms with Crippen LogP contribution in [0, 0.1) is 11.8 Å². The van der Waals surface area contributed by atoms with Crippen LogP contribution in [-0.4, -0.2) is 41.4 Å². The first kappa shape index (κ1) is 11.0. The third-order valence-electron chi connectivity index (χ3n) is 5.41. The molecule has 0 aromatic carbocycles. The van der Waals surface area contributed by atoms with Crippen LogP contribution in [0.2, 0.25) is 0 Å². The fourth-order valence-corrected chi connectivity index (χ4v) is 4.63. The van der Waals surface area contributed by atoms with Gasteiger partial charge in [0.25, 0.3) is 0 Å². The molecule has 0 saturated carbocycles. The van der Waals surface area contributed by atoms with Gasteiger partial charge in [-0.2, -0.15) is 0 Å². The highest BCUT2D eigenvalue weighted by Gasteiger charge is 2.45. The lowest BCUT2D eigenvalue weighted by molar-refractivity contribution is -0.134. The molecule has 0 N–H and O–H groups in total. The van der Waals surface area contributed by atoms with E-state index in [-0.39, 0.29) is 0 Å². The van der Waals surface area contributed by atoms with Crippen molar-refractivity contribution in [3.8, 4) is 0 Å². The summed E-state index contributed by atoms with van der Waals surface area (Å²) in [4.78, 5) is 16.9. The molecule has 3 atom stereocenters. The maximum Gasteiger partial charge on any atom is 0.227 e. The van der Waals surface area contributed by atoms with Crippen LogP contribution in [0.3, 0.4) is 0 Å². The van der Waals surface area contributed by atoms with Gasteiger partial charge in [0.15, 0.2) is 0 Å². The number of carbonyl (C=O) groups is 1. The summed E-state index contributed by atoms with van der Waals surface area (Å²) >= 11 is 0. The van der Waals surface area contributed by atoms with E-state index in [9.17, 15) is 4.79 Å². The van der Waals surface area contributed by atoms with E-state index in [1.54, 1.807) is 0 Å². The zero-order valence-corrected chi connectivity index (χ0v) is 11.0. The van der Waals surface area contributed by atoms with Crippen LogP contribution < -0.4 is 0 Å². The predicted octanol–water partition coefficient (Wildman–Crippen LogP) is 2.00. The van der Waals surface area contributed by atoms with Gasteiger partial charge in [-0.1, -0.05) is 12.5 Å². The molecule has 98 valence electrons. The first-order chi connectivity index (χ1) is 8.83. The van der Waals surface area contributed by atoms with Crippen molar-refractivity contribution >= 4 is 5.91 Å². The minimum Gasteiger partial charge on any atom is -0.316 e. The van der Waals surface area contributed by atoms with Crippen molar-refractivity contribution in [3.05, 3.63) is 11.8 Å². The molecule has 0 aromatic rings. The van der Waals surface area contributed by atoms with Crippen molar-refractivity contribution < 1.29 is 4.79 Å². The summed E-state index contributed by atoms with van der Waals surface area (Å²) in [6, 6.07) is 0.770. The number of amides is 1. The molecule has 1 amide bonds. The summed E-state index contributed by atoms with van der Waals surface area (Å²) in [5, 5.41) is 0. The average Bonchev–Trinajstić information content (AvgIpc) is 2.40. The summed E-state index contributed by atoms with van der Waals surface area (Å²) < 4.78 is 0. The van der Waals surface area contributed by atoms with Crippen molar-refractivity contribution in [1.82, 2.24) is 9.80 Å². The summed E-state index contributed by atoms with van der Waals surface area (Å²) in [6.07, 6.45) is 9.49. The van der Waals surface area contributed by atoms with Gasteiger partial charge >= 0.3 is 0 Å². The van der Waals surface area contributed by atoms with Crippen molar-refractivity contribution in [2.24, 2.45) is 11.8 Å². The Morgan fingerprint density at radius 1 is 1.22 bits per heavy atom. The molecule has 2 bridgehead atoms. The molecular formula is C15H22N2O. The highest BCUT2D eigenvalue weighted by atomic mass is 16.2. The van der Waals surface area contributed by atoms with Crippen LogP contribution in [-0.2, 0) is 4.79 Å². The van der Waals surface area contributed by atoms with E-state index in [4.69, 9.17) is 0 Å². The Morgan fingerprint density at radius 3 is 3.11 bits per heavy atom. The van der Waals surface area contributed by atoms with Crippen molar-refractivity contribution in [1.29, 1.82) is 0 Å². The third kappa shape index (κ3) is 1.56. The Kier molecular flexibility index (Phi) is 2.51. The summed E-state index contributed by atoms with van der Waals surface area (Å²) in [6.45, 7) is 3.50. The van der Waals surface area contributed by atoms with E-state index in [2.05, 4.69) is 15.9 Å². The van der Waals surface area contributed by atoms with Gasteiger partial charge in [0.05, 0.1) is 0 Å². The van der Waals surface area contributed by atoms with E-state index in [1.165, 1.54) is 44.5 Å². The van der Waals surface area contributed by atoms with Crippen LogP contribution in [0.15, 0.2) is 11.8 Å². The van der Waals surface area contributed by atoms with Gasteiger partial charge in [0.2, 0.25) is 5.91 Å². The van der Waals surface area contributed by atoms with E-state index in [0.717, 1.165) is 31.3 Å². The quantitative estimate of drug-likeness (QED) is 0.652. The number of piperidine rings is 3. The minimum atomic E-state index is 0.381. The number of carbonyl (C=O) groups excluding carboxylic acids is 1. The van der Waals surface area contributed by atoms with Crippen LogP contribution >= 0.6 is 0 Å². The Balaban J connectivity index is 1.65. The summed E-state index contributed by atoms with van der Waals surface area (Å²) in [5.74, 6) is 1.76. The topological polar surface area (TPSA) is 23.6 Å². The molecule has 4 aliphatic heterocycles. The smallest absolute Gasteiger partial charge is 0.227 e. The molecule has 0 aromatic heterocycles. The van der Waals surface area contributed by atoms with Crippen LogP contribution in [0.5, 0.6) is 0 Å². The molecule has 3 saturated heterocycles. The fraction of sp³-hybridized carbons (Fsp3) is 0.800. The van der Waals surface area contributed by atoms with Crippen LogP contribution in [0.4, 0.5) is 0 Å². The molecule has 4 rings (SSSR count). The first-order valence-corrected chi connectivity index (χ1v) is 7.57. The maximum atomic E-state index is 12.1. The van der Waals surface area contributed by atoms with Crippen LogP contribution in [0.1, 0.15) is 38.5 Å². The standard InChI is InChI=1S/C15H22N2O/c18-15-6-3-5-14-11-8-12(10-17(14)15)13-4-1-2-7-16(13)9-11/h5,11-13H,1-4,6-10H2/t11-,12-,13+/m1/s1. The lowest BCUT2D eigenvalue weighted by Crippen LogP contribution is -2.59. The molecular weight excluding hydrogens is 224 g/mol. The van der Waals surface area contributed by atoms with Crippen LogP contribution in [0.25, 0.3) is 0 Å². The number of fused-ring (bicyclic) bond motifs is 6. The van der Waals surface area contributed by atoms with Gasteiger partial charge < -0.3 is 4.90 Å². The number of nitrogens with zero attached hydrogens (tertiary/aromatic N) is 2. The van der Waals surface area contributed by atoms with Gasteiger partial charge in [-0.15, -0.1) is 0 Å². The highest BCUT2D eigenvalue weighted by molar-refractivity contribution is 5.79. The van der Waals surface area contributed by atoms with E-state index < -0.39 is 0 Å². The second-order valence-electron chi connectivity index (χ2n) is 6.42. The molecule has 3 fully saturated rings. The zero-order valence-electron chi connectivity index (χ0n) is 11.0. The van der Waals surface area contributed by atoms with Gasteiger partial charge in [-0.25, -0.2) is 0 Å². The highest BCUT2D eigenvalue weighted by Crippen LogP contribution is 2.43. The molecule has 18 heavy (non-hydrogen) atoms. The van der Waals surface area contributed by atoms with Gasteiger partial charge in [0, 0.05) is 37.2 Å². The van der Waals surface area contributed by atoms with E-state index in [1.807, 2.05) is 0 Å². The largest absolute Gasteiger partial charge is 0.316 e. The van der Waals surface area contributed by atoms with Crippen molar-refractivity contribution in [2.75, 3.05) is 19.6 Å². The molecule has 4 aliphatic rings. The Bertz CT molecular complexity index is 403. The third-order valence-corrected chi connectivity index (χ3v) is 5.41. The molecule has 4 heterocycles. The zero-order chi connectivity index (χ0) is 12.1. The first-order valence-electron chi connectivity index (χ1n) is 7.57. The molecule has 0 aliphatic carbocycles. The Labute approximate surface area is 109 Å². The minimum absolute atomic E-state index is 0.381. The second kappa shape index (κ2) is 4.09. The molecule has 0 spiro atoms. The van der Waals surface area contributed by atoms with Crippen molar-refractivity contribution in [3.63, 3.8) is 0 Å². The molecule has 3 heteroatoms. The normalized spacial score (nSPS) is 40.0. The molecule has 0 unspecified atom stereocenters. The SMILES string of the molecule is O=C1CCC=C2[C@@H]3C[C@H](CN12)[C@@H]1CCCCN1C3. The summed E-state index contributed by atoms with van der Waals surface area (Å²) in [7, 11) is 0. The van der Waals surface area contributed by atoms with E-state index in [0.29, 0.717) is 11.8 Å². The second-order valence-corrected chi connectivity index (χ2v) is 6.42. The summed E-state index contributed by atoms with van der Waals surface area (Å²) in [5.41, 5.74) is 1.37. The average molecular weight is 246 g/mol. The maximum absolute atomic E-state index is 12.1. The predicted molar refractivity (Wildman–Crippen MR) is 69.8 cm³/mol. The fourth-order valence-electron chi connectivity index (χ4n) is 4.63. The lowest BCUT2D eigenvalue weighted by atomic mass is 9.74. The molecule has 0 radical (unpaired) electrons. The van der Waals surface area contributed by atoms with Crippen molar-refractivity contribution in [2.45, 2.75) is 44.6 Å². The Morgan fingerprint density at radius 2 is 2.17 bits per heavy atom. The lowest BCUT2D eigenvalue weighted by Gasteiger charge is -2.54. The Hall–Kier alpha value is -0.830. The number of hydrogen-bond acceptors (Lipinski definition) is 2. The van der Waals surface area contributed by atoms with Gasteiger partial charge in [0.1, 0.15) is 0 Å². The van der Waals surface area contributed by atoms with Gasteiger partial charge in [-0.3, -0.25) is 9.69 Å². The van der Waals surface area contributed by atoms with E-state index >= 15 is 0 Å². The number of rotatable bonds is 0. The number of allylic oxidation sites excluding steroid dienone is 1. The van der Waals surface area contributed by atoms with Gasteiger partial charge in [-0.05, 0) is 38.1 Å². The molecule has 3 nitrogen and oxygen atoms in total. The number of hydrogen-bond donors (Lipinski definition) is 0. The monoisotopic (exact) mass is 246 g/mol.